The fraction of sp³-hybridized carbons (Fsp3) is 0.600. The molecule has 1 atom stereocenters. The third-order valence-corrected chi connectivity index (χ3v) is 3.86. The highest BCUT2D eigenvalue weighted by Crippen LogP contribution is 2.21. The Morgan fingerprint density at radius 1 is 1.55 bits per heavy atom. The lowest BCUT2D eigenvalue weighted by Crippen LogP contribution is -2.46. The molecule has 2 amide bonds. The molecule has 0 spiro atoms. The molecule has 20 heavy (non-hydrogen) atoms. The Morgan fingerprint density at radius 2 is 2.30 bits per heavy atom. The molecule has 5 nitrogen and oxygen atoms in total. The van der Waals surface area contributed by atoms with Gasteiger partial charge in [0.1, 0.15) is 5.76 Å². The van der Waals surface area contributed by atoms with Crippen LogP contribution in [0.5, 0.6) is 0 Å². The zero-order valence-corrected chi connectivity index (χ0v) is 12.3. The van der Waals surface area contributed by atoms with Gasteiger partial charge in [0, 0.05) is 18.5 Å². The van der Waals surface area contributed by atoms with Crippen molar-refractivity contribution in [3.63, 3.8) is 0 Å². The molecule has 0 aliphatic carbocycles. The van der Waals surface area contributed by atoms with Gasteiger partial charge in [-0.1, -0.05) is 6.92 Å². The zero-order valence-electron chi connectivity index (χ0n) is 12.3. The first-order valence-electron chi connectivity index (χ1n) is 7.03. The fourth-order valence-corrected chi connectivity index (χ4v) is 2.22. The topological polar surface area (TPSA) is 62.6 Å². The highest BCUT2D eigenvalue weighted by molar-refractivity contribution is 5.89. The first-order chi connectivity index (χ1) is 9.41. The van der Waals surface area contributed by atoms with E-state index in [9.17, 15) is 9.59 Å². The minimum Gasteiger partial charge on any atom is -0.467 e. The van der Waals surface area contributed by atoms with E-state index in [0.29, 0.717) is 13.1 Å². The molecule has 1 fully saturated rings. The zero-order chi connectivity index (χ0) is 14.8. The van der Waals surface area contributed by atoms with E-state index in [-0.39, 0.29) is 29.7 Å². The number of nitrogens with zero attached hydrogens (tertiary/aromatic N) is 1. The van der Waals surface area contributed by atoms with Crippen LogP contribution in [0.4, 0.5) is 0 Å². The Kier molecular flexibility index (Phi) is 4.16. The van der Waals surface area contributed by atoms with Gasteiger partial charge in [0.05, 0.1) is 18.7 Å². The molecule has 1 aliphatic rings. The number of rotatable bonds is 5. The summed E-state index contributed by atoms with van der Waals surface area (Å²) in [6.45, 7) is 6.91. The van der Waals surface area contributed by atoms with Gasteiger partial charge in [0.2, 0.25) is 11.8 Å². The summed E-state index contributed by atoms with van der Waals surface area (Å²) >= 11 is 0. The first kappa shape index (κ1) is 14.6. The van der Waals surface area contributed by atoms with Crippen LogP contribution in [0, 0.1) is 5.92 Å². The van der Waals surface area contributed by atoms with Crippen molar-refractivity contribution in [1.29, 1.82) is 0 Å². The van der Waals surface area contributed by atoms with Gasteiger partial charge in [-0.25, -0.2) is 0 Å². The standard InChI is InChI=1S/C15H22N2O3/c1-4-15(2,3)16-14(19)11-8-13(18)17(9-11)10-12-6-5-7-20-12/h5-7,11H,4,8-10H2,1-3H3,(H,16,19)/t11-/m1/s1. The normalized spacial score (nSPS) is 19.4. The van der Waals surface area contributed by atoms with E-state index in [2.05, 4.69) is 5.32 Å². The summed E-state index contributed by atoms with van der Waals surface area (Å²) in [6, 6.07) is 3.63. The quantitative estimate of drug-likeness (QED) is 0.895. The lowest BCUT2D eigenvalue weighted by molar-refractivity contribution is -0.129. The molecule has 1 N–H and O–H groups in total. The largest absolute Gasteiger partial charge is 0.467 e. The molecule has 0 radical (unpaired) electrons. The third-order valence-electron chi connectivity index (χ3n) is 3.86. The molecule has 2 rings (SSSR count). The van der Waals surface area contributed by atoms with Gasteiger partial charge in [-0.3, -0.25) is 9.59 Å². The van der Waals surface area contributed by atoms with Crippen LogP contribution in [0.1, 0.15) is 39.4 Å². The second kappa shape index (κ2) is 5.69. The van der Waals surface area contributed by atoms with Gasteiger partial charge >= 0.3 is 0 Å². The van der Waals surface area contributed by atoms with Crippen molar-refractivity contribution >= 4 is 11.8 Å². The molecule has 0 aromatic carbocycles. The average Bonchev–Trinajstić information content (AvgIpc) is 3.00. The van der Waals surface area contributed by atoms with Crippen LogP contribution in [0.25, 0.3) is 0 Å². The van der Waals surface area contributed by atoms with Crippen molar-refractivity contribution in [1.82, 2.24) is 10.2 Å². The van der Waals surface area contributed by atoms with E-state index in [4.69, 9.17) is 4.42 Å². The Morgan fingerprint density at radius 3 is 2.90 bits per heavy atom. The molecule has 1 aliphatic heterocycles. The van der Waals surface area contributed by atoms with Crippen molar-refractivity contribution in [2.45, 2.75) is 45.7 Å². The van der Waals surface area contributed by atoms with Crippen molar-refractivity contribution in [2.75, 3.05) is 6.54 Å². The van der Waals surface area contributed by atoms with Crippen LogP contribution in [-0.2, 0) is 16.1 Å². The predicted molar refractivity (Wildman–Crippen MR) is 74.7 cm³/mol. The Labute approximate surface area is 119 Å². The van der Waals surface area contributed by atoms with Crippen LogP contribution in [-0.4, -0.2) is 28.8 Å². The van der Waals surface area contributed by atoms with Gasteiger partial charge in [-0.05, 0) is 32.4 Å². The van der Waals surface area contributed by atoms with Crippen molar-refractivity contribution < 1.29 is 14.0 Å². The van der Waals surface area contributed by atoms with Crippen LogP contribution in [0.3, 0.4) is 0 Å². The number of carbonyl (C=O) groups excluding carboxylic acids is 2. The maximum absolute atomic E-state index is 12.2. The minimum absolute atomic E-state index is 0.0101. The highest BCUT2D eigenvalue weighted by atomic mass is 16.3. The summed E-state index contributed by atoms with van der Waals surface area (Å²) < 4.78 is 5.24. The van der Waals surface area contributed by atoms with E-state index in [1.807, 2.05) is 26.8 Å². The fourth-order valence-electron chi connectivity index (χ4n) is 2.22. The van der Waals surface area contributed by atoms with Crippen LogP contribution in [0.15, 0.2) is 22.8 Å². The molecular weight excluding hydrogens is 256 g/mol. The summed E-state index contributed by atoms with van der Waals surface area (Å²) in [5.41, 5.74) is -0.228. The maximum atomic E-state index is 12.2. The monoisotopic (exact) mass is 278 g/mol. The van der Waals surface area contributed by atoms with E-state index >= 15 is 0 Å². The van der Waals surface area contributed by atoms with E-state index < -0.39 is 0 Å². The lowest BCUT2D eigenvalue weighted by atomic mass is 9.99. The van der Waals surface area contributed by atoms with Gasteiger partial charge in [-0.15, -0.1) is 0 Å². The van der Waals surface area contributed by atoms with Gasteiger partial charge < -0.3 is 14.6 Å². The number of carbonyl (C=O) groups is 2. The molecule has 1 saturated heterocycles. The van der Waals surface area contributed by atoms with E-state index in [1.165, 1.54) is 0 Å². The van der Waals surface area contributed by atoms with Crippen molar-refractivity contribution in [3.8, 4) is 0 Å². The molecule has 5 heteroatoms. The Balaban J connectivity index is 1.93. The molecule has 0 bridgehead atoms. The smallest absolute Gasteiger partial charge is 0.225 e. The van der Waals surface area contributed by atoms with Crippen molar-refractivity contribution in [2.24, 2.45) is 5.92 Å². The number of hydrogen-bond donors (Lipinski definition) is 1. The second-order valence-corrected chi connectivity index (χ2v) is 5.98. The number of nitrogens with one attached hydrogen (secondary N) is 1. The summed E-state index contributed by atoms with van der Waals surface area (Å²) in [4.78, 5) is 25.8. The Bertz CT molecular complexity index is 479. The molecule has 0 saturated carbocycles. The highest BCUT2D eigenvalue weighted by Gasteiger charge is 2.36. The Hall–Kier alpha value is -1.78. The number of hydrogen-bond acceptors (Lipinski definition) is 3. The molecule has 1 aromatic rings. The molecule has 110 valence electrons. The number of amides is 2. The first-order valence-corrected chi connectivity index (χ1v) is 7.03. The van der Waals surface area contributed by atoms with Gasteiger partial charge in [0.25, 0.3) is 0 Å². The summed E-state index contributed by atoms with van der Waals surface area (Å²) in [5.74, 6) is 0.458. The van der Waals surface area contributed by atoms with Gasteiger partial charge in [0.15, 0.2) is 0 Å². The van der Waals surface area contributed by atoms with Gasteiger partial charge in [-0.2, -0.15) is 0 Å². The predicted octanol–water partition coefficient (Wildman–Crippen LogP) is 1.93. The summed E-state index contributed by atoms with van der Waals surface area (Å²) in [7, 11) is 0. The summed E-state index contributed by atoms with van der Waals surface area (Å²) in [5, 5.41) is 3.01. The average molecular weight is 278 g/mol. The molecule has 2 heterocycles. The molecule has 1 aromatic heterocycles. The summed E-state index contributed by atoms with van der Waals surface area (Å²) in [6.07, 6.45) is 2.73. The van der Waals surface area contributed by atoms with Crippen LogP contribution >= 0.6 is 0 Å². The van der Waals surface area contributed by atoms with E-state index in [0.717, 1.165) is 12.2 Å². The number of likely N-dealkylation sites (tertiary alicyclic amines) is 1. The number of furan rings is 1. The van der Waals surface area contributed by atoms with Crippen LogP contribution in [0.2, 0.25) is 0 Å². The molecular formula is C15H22N2O3. The second-order valence-electron chi connectivity index (χ2n) is 5.98. The van der Waals surface area contributed by atoms with Crippen molar-refractivity contribution in [3.05, 3.63) is 24.2 Å². The lowest BCUT2D eigenvalue weighted by Gasteiger charge is -2.26. The molecule has 0 unspecified atom stereocenters. The van der Waals surface area contributed by atoms with E-state index in [1.54, 1.807) is 17.2 Å². The SMILES string of the molecule is CCC(C)(C)NC(=O)[C@@H]1CC(=O)N(Cc2ccco2)C1. The third kappa shape index (κ3) is 3.40. The minimum atomic E-state index is -0.261. The van der Waals surface area contributed by atoms with Crippen LogP contribution < -0.4 is 5.32 Å². The maximum Gasteiger partial charge on any atom is 0.225 e.